The lowest BCUT2D eigenvalue weighted by molar-refractivity contribution is -0.199. The van der Waals surface area contributed by atoms with E-state index in [0.717, 1.165) is 16.7 Å². The number of hydrogen-bond donors (Lipinski definition) is 0. The summed E-state index contributed by atoms with van der Waals surface area (Å²) in [5.41, 5.74) is 3.12. The van der Waals surface area contributed by atoms with Crippen LogP contribution in [0.15, 0.2) is 91.0 Å². The molecule has 0 spiro atoms. The van der Waals surface area contributed by atoms with E-state index >= 15 is 0 Å². The third-order valence-electron chi connectivity index (χ3n) is 5.34. The highest BCUT2D eigenvalue weighted by Gasteiger charge is 2.40. The van der Waals surface area contributed by atoms with Crippen molar-refractivity contribution in [3.8, 4) is 0 Å². The Morgan fingerprint density at radius 2 is 1.19 bits per heavy atom. The maximum atomic E-state index is 12.8. The Bertz CT molecular complexity index is 946. The average molecular weight is 433 g/mol. The molecule has 0 N–H and O–H groups in total. The normalized spacial score (nSPS) is 20.6. The van der Waals surface area contributed by atoms with Gasteiger partial charge in [0.1, 0.15) is 6.10 Å². The van der Waals surface area contributed by atoms with Crippen molar-refractivity contribution in [2.75, 3.05) is 6.61 Å². The van der Waals surface area contributed by atoms with Gasteiger partial charge in [0.2, 0.25) is 0 Å². The Labute approximate surface area is 188 Å². The molecule has 166 valence electrons. The summed E-state index contributed by atoms with van der Waals surface area (Å²) in [5.74, 6) is -0.404. The third kappa shape index (κ3) is 6.50. The van der Waals surface area contributed by atoms with Gasteiger partial charge in [-0.3, -0.25) is 0 Å². The van der Waals surface area contributed by atoms with E-state index in [0.29, 0.717) is 32.8 Å². The second-order valence-corrected chi connectivity index (χ2v) is 7.85. The number of rotatable bonds is 10. The number of carbonyl (C=O) groups excluding carboxylic acids is 1. The molecule has 0 bridgehead atoms. The lowest BCUT2D eigenvalue weighted by Gasteiger charge is -2.34. The fourth-order valence-corrected chi connectivity index (χ4v) is 3.67. The Morgan fingerprint density at radius 1 is 0.688 bits per heavy atom. The first-order valence-corrected chi connectivity index (χ1v) is 10.9. The molecule has 0 radical (unpaired) electrons. The van der Waals surface area contributed by atoms with Crippen molar-refractivity contribution >= 4 is 5.97 Å². The lowest BCUT2D eigenvalue weighted by atomic mass is 10.0. The van der Waals surface area contributed by atoms with Crippen LogP contribution in [0, 0.1) is 0 Å². The summed E-state index contributed by atoms with van der Waals surface area (Å²) in [6.45, 7) is 1.51. The molecule has 1 aliphatic heterocycles. The number of carbonyl (C=O) groups is 1. The van der Waals surface area contributed by atoms with Crippen molar-refractivity contribution in [1.82, 2.24) is 0 Å². The van der Waals surface area contributed by atoms with Crippen molar-refractivity contribution in [2.24, 2.45) is 0 Å². The number of cyclic esters (lactones) is 1. The van der Waals surface area contributed by atoms with Gasteiger partial charge in [0, 0.05) is 6.42 Å². The number of ether oxygens (including phenoxy) is 4. The monoisotopic (exact) mass is 432 g/mol. The van der Waals surface area contributed by atoms with Gasteiger partial charge in [-0.25, -0.2) is 4.79 Å². The molecule has 0 amide bonds. The predicted octanol–water partition coefficient (Wildman–Crippen LogP) is 4.69. The van der Waals surface area contributed by atoms with Crippen LogP contribution in [-0.4, -0.2) is 30.9 Å². The summed E-state index contributed by atoms with van der Waals surface area (Å²) in [7, 11) is 0. The van der Waals surface area contributed by atoms with E-state index in [1.165, 1.54) is 0 Å². The Hall–Kier alpha value is -2.99. The quantitative estimate of drug-likeness (QED) is 0.435. The first-order valence-electron chi connectivity index (χ1n) is 10.9. The van der Waals surface area contributed by atoms with Gasteiger partial charge < -0.3 is 18.9 Å². The maximum Gasteiger partial charge on any atom is 0.338 e. The van der Waals surface area contributed by atoms with Crippen LogP contribution in [0.1, 0.15) is 23.1 Å². The molecule has 1 saturated heterocycles. The zero-order chi connectivity index (χ0) is 22.0. The summed E-state index contributed by atoms with van der Waals surface area (Å²) in [6.07, 6.45) is -1.04. The molecule has 5 nitrogen and oxygen atoms in total. The molecular weight excluding hydrogens is 404 g/mol. The molecular formula is C27H28O5. The summed E-state index contributed by atoms with van der Waals surface area (Å²) >= 11 is 0. The van der Waals surface area contributed by atoms with E-state index in [1.54, 1.807) is 0 Å². The molecule has 4 rings (SSSR count). The van der Waals surface area contributed by atoms with Gasteiger partial charge in [-0.05, 0) is 16.7 Å². The van der Waals surface area contributed by atoms with E-state index in [-0.39, 0.29) is 6.10 Å². The van der Waals surface area contributed by atoms with Crippen LogP contribution in [0.2, 0.25) is 0 Å². The van der Waals surface area contributed by atoms with Crippen molar-refractivity contribution < 1.29 is 23.7 Å². The highest BCUT2D eigenvalue weighted by Crippen LogP contribution is 2.24. The summed E-state index contributed by atoms with van der Waals surface area (Å²) in [4.78, 5) is 12.8. The first kappa shape index (κ1) is 22.2. The number of hydrogen-bond acceptors (Lipinski definition) is 5. The molecule has 0 aliphatic carbocycles. The van der Waals surface area contributed by atoms with Crippen LogP contribution >= 0.6 is 0 Å². The Morgan fingerprint density at radius 3 is 1.75 bits per heavy atom. The SMILES string of the molecule is O=C1O[C@@H](COCc2ccccc2)C[C@@H](OCc2ccccc2)[C@H]1OCc1ccccc1. The largest absolute Gasteiger partial charge is 0.458 e. The van der Waals surface area contributed by atoms with E-state index in [4.69, 9.17) is 18.9 Å². The van der Waals surface area contributed by atoms with Crippen LogP contribution in [0.25, 0.3) is 0 Å². The van der Waals surface area contributed by atoms with Crippen LogP contribution in [0.5, 0.6) is 0 Å². The Kier molecular flexibility index (Phi) is 8.04. The minimum Gasteiger partial charge on any atom is -0.458 e. The van der Waals surface area contributed by atoms with E-state index in [1.807, 2.05) is 91.0 Å². The molecule has 5 heteroatoms. The van der Waals surface area contributed by atoms with Gasteiger partial charge in [0.15, 0.2) is 6.10 Å². The molecule has 32 heavy (non-hydrogen) atoms. The highest BCUT2D eigenvalue weighted by atomic mass is 16.6. The summed E-state index contributed by atoms with van der Waals surface area (Å²) in [6, 6.07) is 29.6. The second-order valence-electron chi connectivity index (χ2n) is 7.85. The minimum absolute atomic E-state index is 0.317. The van der Waals surface area contributed by atoms with Gasteiger partial charge in [-0.2, -0.15) is 0 Å². The average Bonchev–Trinajstić information content (AvgIpc) is 2.84. The first-order chi connectivity index (χ1) is 15.8. The van der Waals surface area contributed by atoms with Gasteiger partial charge in [-0.1, -0.05) is 91.0 Å². The van der Waals surface area contributed by atoms with Gasteiger partial charge >= 0.3 is 5.97 Å². The van der Waals surface area contributed by atoms with E-state index in [9.17, 15) is 4.79 Å². The third-order valence-corrected chi connectivity index (χ3v) is 5.34. The van der Waals surface area contributed by atoms with Gasteiger partial charge in [0.25, 0.3) is 0 Å². The van der Waals surface area contributed by atoms with Gasteiger partial charge in [-0.15, -0.1) is 0 Å². The smallest absolute Gasteiger partial charge is 0.338 e. The minimum atomic E-state index is -0.774. The van der Waals surface area contributed by atoms with Gasteiger partial charge in [0.05, 0.1) is 32.5 Å². The number of benzene rings is 3. The molecule has 1 fully saturated rings. The summed E-state index contributed by atoms with van der Waals surface area (Å²) < 4.78 is 23.6. The van der Waals surface area contributed by atoms with Crippen LogP contribution < -0.4 is 0 Å². The molecule has 1 aliphatic rings. The van der Waals surface area contributed by atoms with E-state index in [2.05, 4.69) is 0 Å². The van der Waals surface area contributed by atoms with Crippen LogP contribution in [0.4, 0.5) is 0 Å². The van der Waals surface area contributed by atoms with Crippen molar-refractivity contribution in [3.63, 3.8) is 0 Å². The van der Waals surface area contributed by atoms with Crippen LogP contribution in [-0.2, 0) is 43.6 Å². The van der Waals surface area contributed by atoms with Crippen molar-refractivity contribution in [2.45, 2.75) is 44.6 Å². The lowest BCUT2D eigenvalue weighted by Crippen LogP contribution is -2.49. The number of esters is 1. The fraction of sp³-hybridized carbons (Fsp3) is 0.296. The topological polar surface area (TPSA) is 54.0 Å². The van der Waals surface area contributed by atoms with Crippen molar-refractivity contribution in [3.05, 3.63) is 108 Å². The summed E-state index contributed by atoms with van der Waals surface area (Å²) in [5, 5.41) is 0. The zero-order valence-corrected chi connectivity index (χ0v) is 18.0. The zero-order valence-electron chi connectivity index (χ0n) is 18.0. The second kappa shape index (κ2) is 11.6. The van der Waals surface area contributed by atoms with Crippen molar-refractivity contribution in [1.29, 1.82) is 0 Å². The molecule has 3 aromatic rings. The fourth-order valence-electron chi connectivity index (χ4n) is 3.67. The molecule has 0 unspecified atom stereocenters. The molecule has 3 aromatic carbocycles. The van der Waals surface area contributed by atoms with Crippen LogP contribution in [0.3, 0.4) is 0 Å². The van der Waals surface area contributed by atoms with E-state index < -0.39 is 18.2 Å². The molecule has 3 atom stereocenters. The molecule has 0 saturated carbocycles. The highest BCUT2D eigenvalue weighted by molar-refractivity contribution is 5.76. The Balaban J connectivity index is 1.36. The molecule has 0 aromatic heterocycles. The standard InChI is InChI=1S/C27H28O5/c28-27-26(31-19-23-14-8-3-9-15-23)25(30-18-22-12-6-2-7-13-22)16-24(32-27)20-29-17-21-10-4-1-5-11-21/h1-15,24-26H,16-20H2/t24-,25-,26-/m1/s1. The maximum absolute atomic E-state index is 12.8. The molecule has 1 heterocycles. The predicted molar refractivity (Wildman–Crippen MR) is 121 cm³/mol.